The molecule has 2 atom stereocenters. The number of hydrogen-bond donors (Lipinski definition) is 1. The Morgan fingerprint density at radius 1 is 1.25 bits per heavy atom. The van der Waals surface area contributed by atoms with Gasteiger partial charge in [-0.1, -0.05) is 6.92 Å². The number of rotatable bonds is 2. The Morgan fingerprint density at radius 2 is 1.90 bits per heavy atom. The Morgan fingerprint density at radius 3 is 2.45 bits per heavy atom. The molecule has 1 aliphatic carbocycles. The molecule has 0 amide bonds. The van der Waals surface area contributed by atoms with Gasteiger partial charge in [-0.25, -0.2) is 4.79 Å². The number of carbonyl (C=O) groups is 3. The van der Waals surface area contributed by atoms with Crippen LogP contribution >= 0.6 is 0 Å². The second kappa shape index (κ2) is 5.11. The van der Waals surface area contributed by atoms with Crippen LogP contribution in [0.15, 0.2) is 0 Å². The summed E-state index contributed by atoms with van der Waals surface area (Å²) >= 11 is 0. The first-order valence-electron chi connectivity index (χ1n) is 6.34. The summed E-state index contributed by atoms with van der Waals surface area (Å²) in [4.78, 5) is 38.9. The molecule has 0 fully saturated rings. The van der Waals surface area contributed by atoms with Gasteiger partial charge in [-0.3, -0.25) is 9.59 Å². The molecule has 2 rings (SSSR count). The Kier molecular flexibility index (Phi) is 3.65. The summed E-state index contributed by atoms with van der Waals surface area (Å²) in [5.41, 5.74) is 1.89. The minimum absolute atomic E-state index is 0.175. The van der Waals surface area contributed by atoms with Crippen molar-refractivity contribution in [3.05, 3.63) is 22.5 Å². The molecular formula is C14H17NO5. The van der Waals surface area contributed by atoms with Crippen molar-refractivity contribution in [2.45, 2.75) is 20.3 Å². The SMILES string of the molecule is COC(=O)c1[nH]c2c(c1C)C(=O)[C@@H](C(=O)OC)[C@@H](C)C2. The first-order chi connectivity index (χ1) is 9.42. The summed E-state index contributed by atoms with van der Waals surface area (Å²) in [5.74, 6) is -2.34. The van der Waals surface area contributed by atoms with Crippen molar-refractivity contribution >= 4 is 17.7 Å². The molecule has 0 unspecified atom stereocenters. The summed E-state index contributed by atoms with van der Waals surface area (Å²) in [7, 11) is 2.55. The number of esters is 2. The second-order valence-corrected chi connectivity index (χ2v) is 5.02. The average Bonchev–Trinajstić information content (AvgIpc) is 2.74. The standard InChI is InChI=1S/C14H17NO5/c1-6-5-8-10(12(16)9(6)13(17)19-3)7(2)11(15-8)14(18)20-4/h6,9,15H,5H2,1-4H3/t6-,9-/m0/s1. The number of methoxy groups -OCH3 is 2. The highest BCUT2D eigenvalue weighted by atomic mass is 16.5. The lowest BCUT2D eigenvalue weighted by Gasteiger charge is -2.25. The highest BCUT2D eigenvalue weighted by Gasteiger charge is 2.41. The molecule has 0 saturated carbocycles. The van der Waals surface area contributed by atoms with Crippen molar-refractivity contribution in [3.8, 4) is 0 Å². The van der Waals surface area contributed by atoms with E-state index in [9.17, 15) is 14.4 Å². The molecule has 1 heterocycles. The van der Waals surface area contributed by atoms with Crippen molar-refractivity contribution < 1.29 is 23.9 Å². The van der Waals surface area contributed by atoms with Crippen LogP contribution in [0.2, 0.25) is 0 Å². The van der Waals surface area contributed by atoms with E-state index >= 15 is 0 Å². The number of nitrogens with one attached hydrogen (secondary N) is 1. The second-order valence-electron chi connectivity index (χ2n) is 5.02. The van der Waals surface area contributed by atoms with Crippen LogP contribution < -0.4 is 0 Å². The number of ether oxygens (including phenoxy) is 2. The fourth-order valence-electron chi connectivity index (χ4n) is 2.77. The van der Waals surface area contributed by atoms with Crippen LogP contribution in [0.25, 0.3) is 0 Å². The number of Topliss-reactive ketones (excluding diaryl/α,β-unsaturated/α-hetero) is 1. The summed E-state index contributed by atoms with van der Waals surface area (Å²) in [5, 5.41) is 0. The fourth-order valence-corrected chi connectivity index (χ4v) is 2.77. The molecule has 6 heteroatoms. The molecule has 1 aliphatic rings. The van der Waals surface area contributed by atoms with E-state index in [1.165, 1.54) is 14.2 Å². The van der Waals surface area contributed by atoms with Gasteiger partial charge in [-0.05, 0) is 24.8 Å². The van der Waals surface area contributed by atoms with Crippen molar-refractivity contribution in [3.63, 3.8) is 0 Å². The molecule has 1 aromatic heterocycles. The lowest BCUT2D eigenvalue weighted by molar-refractivity contribution is -0.145. The maximum absolute atomic E-state index is 12.5. The third-order valence-corrected chi connectivity index (χ3v) is 3.80. The van der Waals surface area contributed by atoms with Gasteiger partial charge < -0.3 is 14.5 Å². The van der Waals surface area contributed by atoms with E-state index in [1.54, 1.807) is 6.92 Å². The van der Waals surface area contributed by atoms with E-state index in [0.29, 0.717) is 23.2 Å². The molecule has 0 aromatic carbocycles. The van der Waals surface area contributed by atoms with Crippen molar-refractivity contribution in [1.29, 1.82) is 0 Å². The van der Waals surface area contributed by atoms with E-state index in [2.05, 4.69) is 9.72 Å². The molecule has 20 heavy (non-hydrogen) atoms. The minimum atomic E-state index is -0.813. The van der Waals surface area contributed by atoms with E-state index in [-0.39, 0.29) is 17.4 Å². The van der Waals surface area contributed by atoms with Gasteiger partial charge in [0.15, 0.2) is 5.78 Å². The maximum Gasteiger partial charge on any atom is 0.354 e. The predicted molar refractivity (Wildman–Crippen MR) is 69.6 cm³/mol. The van der Waals surface area contributed by atoms with E-state index < -0.39 is 17.9 Å². The number of hydrogen-bond acceptors (Lipinski definition) is 5. The Bertz CT molecular complexity index is 587. The van der Waals surface area contributed by atoms with Crippen LogP contribution in [0.3, 0.4) is 0 Å². The summed E-state index contributed by atoms with van der Waals surface area (Å²) in [6, 6.07) is 0. The molecule has 0 radical (unpaired) electrons. The number of carbonyl (C=O) groups excluding carboxylic acids is 3. The topological polar surface area (TPSA) is 85.5 Å². The number of aromatic nitrogens is 1. The van der Waals surface area contributed by atoms with Crippen molar-refractivity contribution in [2.24, 2.45) is 11.8 Å². The van der Waals surface area contributed by atoms with E-state index in [4.69, 9.17) is 4.74 Å². The smallest absolute Gasteiger partial charge is 0.354 e. The van der Waals surface area contributed by atoms with E-state index in [1.807, 2.05) is 6.92 Å². The molecule has 0 bridgehead atoms. The lowest BCUT2D eigenvalue weighted by Crippen LogP contribution is -2.36. The first-order valence-corrected chi connectivity index (χ1v) is 6.34. The monoisotopic (exact) mass is 279 g/mol. The van der Waals surface area contributed by atoms with Crippen LogP contribution in [0.1, 0.15) is 39.0 Å². The normalized spacial score (nSPS) is 21.3. The lowest BCUT2D eigenvalue weighted by atomic mass is 9.77. The van der Waals surface area contributed by atoms with Crippen LogP contribution in [-0.2, 0) is 20.7 Å². The van der Waals surface area contributed by atoms with Gasteiger partial charge in [0.25, 0.3) is 0 Å². The Hall–Kier alpha value is -2.11. The van der Waals surface area contributed by atoms with Gasteiger partial charge in [-0.2, -0.15) is 0 Å². The van der Waals surface area contributed by atoms with Crippen LogP contribution in [0, 0.1) is 18.8 Å². The quantitative estimate of drug-likeness (QED) is 0.651. The Balaban J connectivity index is 2.51. The molecule has 1 aromatic rings. The molecule has 6 nitrogen and oxygen atoms in total. The number of H-pyrrole nitrogens is 1. The molecule has 0 saturated heterocycles. The third-order valence-electron chi connectivity index (χ3n) is 3.80. The van der Waals surface area contributed by atoms with Gasteiger partial charge in [-0.15, -0.1) is 0 Å². The first kappa shape index (κ1) is 14.3. The van der Waals surface area contributed by atoms with Gasteiger partial charge in [0.2, 0.25) is 0 Å². The molecule has 0 spiro atoms. The minimum Gasteiger partial charge on any atom is -0.468 e. The van der Waals surface area contributed by atoms with Crippen LogP contribution in [-0.4, -0.2) is 36.9 Å². The summed E-state index contributed by atoms with van der Waals surface area (Å²) in [6.45, 7) is 3.49. The zero-order chi connectivity index (χ0) is 15.0. The highest BCUT2D eigenvalue weighted by Crippen LogP contribution is 2.34. The fraction of sp³-hybridized carbons (Fsp3) is 0.500. The number of ketones is 1. The maximum atomic E-state index is 12.5. The van der Waals surface area contributed by atoms with Gasteiger partial charge in [0.1, 0.15) is 11.6 Å². The van der Waals surface area contributed by atoms with Gasteiger partial charge in [0.05, 0.1) is 14.2 Å². The third kappa shape index (κ3) is 2.01. The zero-order valence-electron chi connectivity index (χ0n) is 11.9. The van der Waals surface area contributed by atoms with E-state index in [0.717, 1.165) is 0 Å². The van der Waals surface area contributed by atoms with Crippen LogP contribution in [0.5, 0.6) is 0 Å². The highest BCUT2D eigenvalue weighted by molar-refractivity contribution is 6.12. The van der Waals surface area contributed by atoms with Crippen LogP contribution in [0.4, 0.5) is 0 Å². The van der Waals surface area contributed by atoms with Crippen molar-refractivity contribution in [1.82, 2.24) is 4.98 Å². The number of fused-ring (bicyclic) bond motifs is 1. The van der Waals surface area contributed by atoms with Gasteiger partial charge in [0, 0.05) is 11.3 Å². The average molecular weight is 279 g/mol. The zero-order valence-corrected chi connectivity index (χ0v) is 11.9. The number of aromatic amines is 1. The molecule has 0 aliphatic heterocycles. The largest absolute Gasteiger partial charge is 0.468 e. The Labute approximate surface area is 116 Å². The summed E-state index contributed by atoms with van der Waals surface area (Å²) in [6.07, 6.45) is 0.513. The van der Waals surface area contributed by atoms with Crippen molar-refractivity contribution in [2.75, 3.05) is 14.2 Å². The predicted octanol–water partition coefficient (Wildman–Crippen LogP) is 1.27. The van der Waals surface area contributed by atoms with Gasteiger partial charge >= 0.3 is 11.9 Å². The molecule has 1 N–H and O–H groups in total. The summed E-state index contributed by atoms with van der Waals surface area (Å²) < 4.78 is 9.38. The molecular weight excluding hydrogens is 262 g/mol. The molecule has 108 valence electrons.